The van der Waals surface area contributed by atoms with Crippen molar-refractivity contribution in [1.29, 1.82) is 0 Å². The molecule has 0 fully saturated rings. The van der Waals surface area contributed by atoms with Gasteiger partial charge in [0, 0.05) is 27.5 Å². The molecule has 4 nitrogen and oxygen atoms in total. The van der Waals surface area contributed by atoms with E-state index in [1.807, 2.05) is 36.4 Å². The van der Waals surface area contributed by atoms with Crippen LogP contribution in [0, 0.1) is 0 Å². The summed E-state index contributed by atoms with van der Waals surface area (Å²) in [6.45, 7) is 0. The van der Waals surface area contributed by atoms with Gasteiger partial charge in [-0.2, -0.15) is 0 Å². The molecule has 0 N–H and O–H groups in total. The van der Waals surface area contributed by atoms with E-state index in [-0.39, 0.29) is 5.41 Å². The molecule has 62 heavy (non-hydrogen) atoms. The van der Waals surface area contributed by atoms with Gasteiger partial charge in [-0.05, 0) is 91.0 Å². The molecule has 4 heteroatoms. The monoisotopic (exact) mass is 789 g/mol. The third-order valence-corrected chi connectivity index (χ3v) is 13.0. The van der Waals surface area contributed by atoms with Crippen LogP contribution in [0.1, 0.15) is 22.3 Å². The van der Waals surface area contributed by atoms with Crippen molar-refractivity contribution in [2.45, 2.75) is 5.41 Å². The Morgan fingerprint density at radius 2 is 0.774 bits per heavy atom. The molecule has 2 aliphatic rings. The molecule has 2 aliphatic carbocycles. The number of fused-ring (bicyclic) bond motifs is 13. The molecule has 0 radical (unpaired) electrons. The topological polar surface area (TPSA) is 51.8 Å². The van der Waals surface area contributed by atoms with Crippen molar-refractivity contribution in [2.75, 3.05) is 0 Å². The number of hydrogen-bond acceptors (Lipinski definition) is 4. The molecule has 9 aromatic carbocycles. The first kappa shape index (κ1) is 34.6. The van der Waals surface area contributed by atoms with E-state index >= 15 is 0 Å². The summed E-state index contributed by atoms with van der Waals surface area (Å²) in [5.74, 6) is 1.84. The zero-order valence-corrected chi connectivity index (χ0v) is 33.5. The zero-order chi connectivity index (χ0) is 40.8. The van der Waals surface area contributed by atoms with E-state index in [0.29, 0.717) is 17.5 Å². The van der Waals surface area contributed by atoms with E-state index in [1.165, 1.54) is 44.5 Å². The summed E-state index contributed by atoms with van der Waals surface area (Å²) in [7, 11) is 0. The van der Waals surface area contributed by atoms with E-state index in [9.17, 15) is 0 Å². The molecule has 11 aromatic rings. The molecule has 13 rings (SSSR count). The number of para-hydroxylation sites is 1. The second-order valence-corrected chi connectivity index (χ2v) is 16.2. The fourth-order valence-electron chi connectivity index (χ4n) is 10.4. The molecule has 1 spiro atoms. The lowest BCUT2D eigenvalue weighted by molar-refractivity contribution is 0.669. The van der Waals surface area contributed by atoms with Gasteiger partial charge >= 0.3 is 0 Å². The molecule has 0 bridgehead atoms. The summed E-state index contributed by atoms with van der Waals surface area (Å²) < 4.78 is 6.31. The maximum atomic E-state index is 6.31. The first-order chi connectivity index (χ1) is 30.7. The minimum absolute atomic E-state index is 0.374. The summed E-state index contributed by atoms with van der Waals surface area (Å²) in [5.41, 5.74) is 18.9. The number of aromatic nitrogens is 3. The predicted molar refractivity (Wildman–Crippen MR) is 251 cm³/mol. The SMILES string of the molecule is c1ccc(-c2nc(-c3cccc(-c4ccc5c(c4)-c4ccccc4C54c5ccccc5-c5ccccc54)c3)nc(-c3ccccc3-c3cccc4oc5ccccc5c34)n2)cc1. The van der Waals surface area contributed by atoms with Gasteiger partial charge in [0.1, 0.15) is 11.2 Å². The molecule has 0 saturated carbocycles. The first-order valence-corrected chi connectivity index (χ1v) is 21.1. The van der Waals surface area contributed by atoms with Gasteiger partial charge in [-0.3, -0.25) is 0 Å². The third-order valence-electron chi connectivity index (χ3n) is 13.0. The Labute approximate surface area is 358 Å². The summed E-state index contributed by atoms with van der Waals surface area (Å²) >= 11 is 0. The Balaban J connectivity index is 0.965. The third kappa shape index (κ3) is 4.98. The number of benzene rings is 9. The molecule has 0 aliphatic heterocycles. The fraction of sp³-hybridized carbons (Fsp3) is 0.0172. The van der Waals surface area contributed by atoms with Crippen molar-refractivity contribution in [3.05, 3.63) is 235 Å². The van der Waals surface area contributed by atoms with Crippen LogP contribution in [0.5, 0.6) is 0 Å². The molecule has 0 saturated heterocycles. The van der Waals surface area contributed by atoms with Gasteiger partial charge in [0.15, 0.2) is 17.5 Å². The van der Waals surface area contributed by atoms with Gasteiger partial charge in [0.2, 0.25) is 0 Å². The minimum atomic E-state index is -0.374. The van der Waals surface area contributed by atoms with Gasteiger partial charge in [0.25, 0.3) is 0 Å². The smallest absolute Gasteiger partial charge is 0.164 e. The largest absolute Gasteiger partial charge is 0.456 e. The highest BCUT2D eigenvalue weighted by atomic mass is 16.3. The first-order valence-electron chi connectivity index (χ1n) is 21.1. The van der Waals surface area contributed by atoms with E-state index in [4.69, 9.17) is 19.4 Å². The van der Waals surface area contributed by atoms with Crippen LogP contribution in [0.25, 0.3) is 101 Å². The molecule has 2 heterocycles. The Bertz CT molecular complexity index is 3560. The molecular weight excluding hydrogens is 755 g/mol. The van der Waals surface area contributed by atoms with Crippen molar-refractivity contribution in [2.24, 2.45) is 0 Å². The zero-order valence-electron chi connectivity index (χ0n) is 33.5. The highest BCUT2D eigenvalue weighted by Crippen LogP contribution is 2.63. The van der Waals surface area contributed by atoms with Crippen molar-refractivity contribution in [1.82, 2.24) is 15.0 Å². The Morgan fingerprint density at radius 1 is 0.290 bits per heavy atom. The van der Waals surface area contributed by atoms with Crippen molar-refractivity contribution in [3.8, 4) is 78.7 Å². The second-order valence-electron chi connectivity index (χ2n) is 16.2. The van der Waals surface area contributed by atoms with Gasteiger partial charge < -0.3 is 4.42 Å². The maximum Gasteiger partial charge on any atom is 0.164 e. The second kappa shape index (κ2) is 13.4. The van der Waals surface area contributed by atoms with E-state index < -0.39 is 0 Å². The Kier molecular flexibility index (Phi) is 7.49. The standard InChI is InChI=1S/C58H35N3O/c1-2-16-36(17-3-1)55-59-56(61-57(60-55)45-24-5-4-20-40(45)44-26-15-31-53-54(44)46-25-9-13-30-52(46)62-53)39-19-14-18-37(34-39)38-32-33-51-47(35-38)43-23-8-12-29-50(43)58(51)48-27-10-6-21-41(48)42-22-7-11-28-49(42)58/h1-35H. The lowest BCUT2D eigenvalue weighted by atomic mass is 9.70. The van der Waals surface area contributed by atoms with Crippen LogP contribution in [0.2, 0.25) is 0 Å². The normalized spacial score (nSPS) is 13.0. The van der Waals surface area contributed by atoms with Crippen molar-refractivity contribution in [3.63, 3.8) is 0 Å². The predicted octanol–water partition coefficient (Wildman–Crippen LogP) is 14.4. The molecular formula is C58H35N3O. The van der Waals surface area contributed by atoms with Gasteiger partial charge in [-0.25, -0.2) is 15.0 Å². The van der Waals surface area contributed by atoms with Crippen LogP contribution in [0.15, 0.2) is 217 Å². The maximum absolute atomic E-state index is 6.31. The minimum Gasteiger partial charge on any atom is -0.456 e. The number of hydrogen-bond donors (Lipinski definition) is 0. The van der Waals surface area contributed by atoms with E-state index in [0.717, 1.165) is 60.9 Å². The van der Waals surface area contributed by atoms with Gasteiger partial charge in [0.05, 0.1) is 5.41 Å². The summed E-state index contributed by atoms with van der Waals surface area (Å²) in [4.78, 5) is 15.6. The Hall–Kier alpha value is -8.21. The summed E-state index contributed by atoms with van der Waals surface area (Å²) in [6, 6.07) is 75.6. The van der Waals surface area contributed by atoms with Crippen molar-refractivity contribution >= 4 is 21.9 Å². The molecule has 288 valence electrons. The summed E-state index contributed by atoms with van der Waals surface area (Å²) in [5, 5.41) is 2.15. The van der Waals surface area contributed by atoms with Crippen LogP contribution in [0.4, 0.5) is 0 Å². The lowest BCUT2D eigenvalue weighted by Gasteiger charge is -2.30. The van der Waals surface area contributed by atoms with Gasteiger partial charge in [-0.15, -0.1) is 0 Å². The van der Waals surface area contributed by atoms with Crippen LogP contribution >= 0.6 is 0 Å². The van der Waals surface area contributed by atoms with Crippen LogP contribution < -0.4 is 0 Å². The molecule has 0 unspecified atom stereocenters. The fourth-order valence-corrected chi connectivity index (χ4v) is 10.4. The average Bonchev–Trinajstić information content (AvgIpc) is 3.98. The Morgan fingerprint density at radius 3 is 1.52 bits per heavy atom. The van der Waals surface area contributed by atoms with Crippen molar-refractivity contribution < 1.29 is 4.42 Å². The highest BCUT2D eigenvalue weighted by molar-refractivity contribution is 6.13. The van der Waals surface area contributed by atoms with Crippen LogP contribution in [-0.2, 0) is 5.41 Å². The number of rotatable bonds is 5. The summed E-state index contributed by atoms with van der Waals surface area (Å²) in [6.07, 6.45) is 0. The van der Waals surface area contributed by atoms with E-state index in [2.05, 4.69) is 176 Å². The quantitative estimate of drug-likeness (QED) is 0.174. The molecule has 0 amide bonds. The van der Waals surface area contributed by atoms with E-state index in [1.54, 1.807) is 0 Å². The van der Waals surface area contributed by atoms with Crippen LogP contribution in [0.3, 0.4) is 0 Å². The average molecular weight is 790 g/mol. The van der Waals surface area contributed by atoms with Crippen LogP contribution in [-0.4, -0.2) is 15.0 Å². The number of furan rings is 1. The molecule has 2 aromatic heterocycles. The van der Waals surface area contributed by atoms with Gasteiger partial charge in [-0.1, -0.05) is 188 Å². The number of nitrogens with zero attached hydrogens (tertiary/aromatic N) is 3. The lowest BCUT2D eigenvalue weighted by Crippen LogP contribution is -2.25. The highest BCUT2D eigenvalue weighted by Gasteiger charge is 2.51. The molecule has 0 atom stereocenters.